The lowest BCUT2D eigenvalue weighted by Crippen LogP contribution is -2.49. The summed E-state index contributed by atoms with van der Waals surface area (Å²) in [6, 6.07) is 2.88. The van der Waals surface area contributed by atoms with E-state index in [-0.39, 0.29) is 24.0 Å². The number of imidazole rings is 1. The van der Waals surface area contributed by atoms with E-state index in [9.17, 15) is 17.6 Å². The maximum Gasteiger partial charge on any atom is 0.254 e. The van der Waals surface area contributed by atoms with Gasteiger partial charge in [0.25, 0.3) is 5.91 Å². The van der Waals surface area contributed by atoms with E-state index in [0.717, 1.165) is 12.1 Å². The Morgan fingerprint density at radius 3 is 2.73 bits per heavy atom. The lowest BCUT2D eigenvalue weighted by molar-refractivity contribution is 0.0620. The first-order valence-electron chi connectivity index (χ1n) is 7.60. The first-order chi connectivity index (χ1) is 11.8. The number of amides is 1. The van der Waals surface area contributed by atoms with Gasteiger partial charge < -0.3 is 14.8 Å². The van der Waals surface area contributed by atoms with Crippen LogP contribution in [-0.2, 0) is 17.1 Å². The molecule has 1 saturated heterocycles. The first kappa shape index (κ1) is 20.3. The van der Waals surface area contributed by atoms with Gasteiger partial charge in [0.15, 0.2) is 0 Å². The van der Waals surface area contributed by atoms with E-state index in [1.54, 1.807) is 17.3 Å². The third-order valence-electron chi connectivity index (χ3n) is 4.15. The molecule has 1 fully saturated rings. The van der Waals surface area contributed by atoms with Crippen molar-refractivity contribution in [2.24, 2.45) is 12.2 Å². The van der Waals surface area contributed by atoms with E-state index in [1.165, 1.54) is 6.07 Å². The summed E-state index contributed by atoms with van der Waals surface area (Å²) < 4.78 is 38.5. The van der Waals surface area contributed by atoms with Crippen molar-refractivity contribution in [3.05, 3.63) is 47.8 Å². The highest BCUT2D eigenvalue weighted by molar-refractivity contribution is 7.89. The Hall–Kier alpha value is -2.01. The normalized spacial score (nSPS) is 17.7. The molecule has 1 atom stereocenters. The van der Waals surface area contributed by atoms with Crippen LogP contribution in [0.25, 0.3) is 0 Å². The van der Waals surface area contributed by atoms with Gasteiger partial charge in [-0.3, -0.25) is 4.79 Å². The number of halogens is 2. The van der Waals surface area contributed by atoms with Crippen LogP contribution in [-0.4, -0.2) is 48.4 Å². The van der Waals surface area contributed by atoms with Gasteiger partial charge in [-0.05, 0) is 18.2 Å². The largest absolute Gasteiger partial charge is 0.336 e. The summed E-state index contributed by atoms with van der Waals surface area (Å²) in [5, 5.41) is 8.16. The SMILES string of the molecule is Cl.Cn1ccnc1C1CNCCN1C(=O)c1ccc(S(N)(=O)=O)c(F)c1. The number of nitrogens with one attached hydrogen (secondary N) is 1. The number of nitrogens with zero attached hydrogens (tertiary/aromatic N) is 3. The van der Waals surface area contributed by atoms with Crippen LogP contribution in [0.15, 0.2) is 35.5 Å². The molecule has 0 bridgehead atoms. The number of nitrogens with two attached hydrogens (primary N) is 1. The molecule has 0 spiro atoms. The molecular weight excluding hydrogens is 385 g/mol. The van der Waals surface area contributed by atoms with Crippen molar-refractivity contribution >= 4 is 28.3 Å². The second-order valence-electron chi connectivity index (χ2n) is 5.81. The Bertz CT molecular complexity index is 918. The number of aryl methyl sites for hydroxylation is 1. The van der Waals surface area contributed by atoms with Crippen molar-refractivity contribution < 1.29 is 17.6 Å². The number of primary sulfonamides is 1. The van der Waals surface area contributed by atoms with Gasteiger partial charge in [0.05, 0.1) is 0 Å². The Labute approximate surface area is 156 Å². The smallest absolute Gasteiger partial charge is 0.254 e. The minimum absolute atomic E-state index is 0. The van der Waals surface area contributed by atoms with E-state index in [0.29, 0.717) is 25.5 Å². The molecule has 3 N–H and O–H groups in total. The molecule has 1 amide bonds. The molecular formula is C15H19ClFN5O3S. The maximum atomic E-state index is 14.0. The monoisotopic (exact) mass is 403 g/mol. The van der Waals surface area contributed by atoms with Gasteiger partial charge >= 0.3 is 0 Å². The lowest BCUT2D eigenvalue weighted by atomic mass is 10.1. The number of piperazine rings is 1. The Balaban J connectivity index is 0.00000243. The van der Waals surface area contributed by atoms with Crippen LogP contribution in [0.4, 0.5) is 4.39 Å². The number of carbonyl (C=O) groups is 1. The van der Waals surface area contributed by atoms with Crippen molar-refractivity contribution in [3.8, 4) is 0 Å². The van der Waals surface area contributed by atoms with Gasteiger partial charge in [-0.25, -0.2) is 22.9 Å². The molecule has 8 nitrogen and oxygen atoms in total. The number of sulfonamides is 1. The molecule has 1 aromatic carbocycles. The van der Waals surface area contributed by atoms with Crippen molar-refractivity contribution in [3.63, 3.8) is 0 Å². The highest BCUT2D eigenvalue weighted by atomic mass is 35.5. The number of aromatic nitrogens is 2. The lowest BCUT2D eigenvalue weighted by Gasteiger charge is -2.35. The molecule has 0 radical (unpaired) electrons. The molecule has 2 heterocycles. The van der Waals surface area contributed by atoms with Gasteiger partial charge in [0, 0.05) is 44.6 Å². The first-order valence-corrected chi connectivity index (χ1v) is 9.15. The molecule has 142 valence electrons. The van der Waals surface area contributed by atoms with Gasteiger partial charge in [-0.15, -0.1) is 12.4 Å². The summed E-state index contributed by atoms with van der Waals surface area (Å²) in [4.78, 5) is 18.1. The van der Waals surface area contributed by atoms with Crippen molar-refractivity contribution in [1.82, 2.24) is 19.8 Å². The average molecular weight is 404 g/mol. The van der Waals surface area contributed by atoms with Crippen LogP contribution >= 0.6 is 12.4 Å². The maximum absolute atomic E-state index is 14.0. The van der Waals surface area contributed by atoms with Gasteiger partial charge in [-0.1, -0.05) is 0 Å². The van der Waals surface area contributed by atoms with E-state index in [1.807, 2.05) is 11.6 Å². The van der Waals surface area contributed by atoms with E-state index in [4.69, 9.17) is 5.14 Å². The third-order valence-corrected chi connectivity index (χ3v) is 5.09. The van der Waals surface area contributed by atoms with Crippen LogP contribution in [0.3, 0.4) is 0 Å². The van der Waals surface area contributed by atoms with E-state index < -0.39 is 26.6 Å². The quantitative estimate of drug-likeness (QED) is 0.771. The number of hydrogen-bond donors (Lipinski definition) is 2. The zero-order chi connectivity index (χ0) is 18.2. The van der Waals surface area contributed by atoms with Gasteiger partial charge in [-0.2, -0.15) is 0 Å². The summed E-state index contributed by atoms with van der Waals surface area (Å²) in [5.41, 5.74) is 0.0611. The Morgan fingerprint density at radius 1 is 1.42 bits per heavy atom. The van der Waals surface area contributed by atoms with Crippen LogP contribution in [0.1, 0.15) is 22.2 Å². The minimum atomic E-state index is -4.18. The summed E-state index contributed by atoms with van der Waals surface area (Å²) in [6.45, 7) is 1.55. The van der Waals surface area contributed by atoms with Crippen LogP contribution in [0, 0.1) is 5.82 Å². The predicted molar refractivity (Wildman–Crippen MR) is 94.9 cm³/mol. The molecule has 0 saturated carbocycles. The number of rotatable bonds is 3. The fourth-order valence-electron chi connectivity index (χ4n) is 2.91. The summed E-state index contributed by atoms with van der Waals surface area (Å²) in [5.74, 6) is -0.728. The Morgan fingerprint density at radius 2 is 2.15 bits per heavy atom. The number of hydrogen-bond acceptors (Lipinski definition) is 5. The standard InChI is InChI=1S/C15H18FN5O3S.ClH/c1-20-6-5-19-14(20)12-9-18-4-7-21(12)15(22)10-2-3-13(11(16)8-10)25(17,23)24;/h2-3,5-6,8,12,18H,4,7,9H2,1H3,(H2,17,23,24);1H. The summed E-state index contributed by atoms with van der Waals surface area (Å²) in [6.07, 6.45) is 3.43. The topological polar surface area (TPSA) is 110 Å². The van der Waals surface area contributed by atoms with Gasteiger partial charge in [0.2, 0.25) is 10.0 Å². The van der Waals surface area contributed by atoms with Crippen LogP contribution < -0.4 is 10.5 Å². The van der Waals surface area contributed by atoms with Crippen molar-refractivity contribution in [2.45, 2.75) is 10.9 Å². The summed E-state index contributed by atoms with van der Waals surface area (Å²) in [7, 11) is -2.34. The average Bonchev–Trinajstić information content (AvgIpc) is 2.99. The molecule has 1 aliphatic rings. The molecule has 11 heteroatoms. The van der Waals surface area contributed by atoms with E-state index >= 15 is 0 Å². The highest BCUT2D eigenvalue weighted by Crippen LogP contribution is 2.24. The number of benzene rings is 1. The molecule has 1 aromatic heterocycles. The fraction of sp³-hybridized carbons (Fsp3) is 0.333. The van der Waals surface area contributed by atoms with Crippen molar-refractivity contribution in [1.29, 1.82) is 0 Å². The van der Waals surface area contributed by atoms with E-state index in [2.05, 4.69) is 10.3 Å². The molecule has 3 rings (SSSR count). The van der Waals surface area contributed by atoms with Crippen LogP contribution in [0.5, 0.6) is 0 Å². The third kappa shape index (κ3) is 3.88. The predicted octanol–water partition coefficient (Wildman–Crippen LogP) is 0.415. The highest BCUT2D eigenvalue weighted by Gasteiger charge is 2.31. The number of carbonyl (C=O) groups excluding carboxylic acids is 1. The Kier molecular flexibility index (Phi) is 6.02. The minimum Gasteiger partial charge on any atom is -0.336 e. The molecule has 2 aromatic rings. The zero-order valence-corrected chi connectivity index (χ0v) is 15.6. The second-order valence-corrected chi connectivity index (χ2v) is 7.33. The molecule has 1 aliphatic heterocycles. The van der Waals surface area contributed by atoms with Gasteiger partial charge in [0.1, 0.15) is 22.6 Å². The van der Waals surface area contributed by atoms with Crippen LogP contribution in [0.2, 0.25) is 0 Å². The second kappa shape index (κ2) is 7.70. The zero-order valence-electron chi connectivity index (χ0n) is 13.9. The molecule has 26 heavy (non-hydrogen) atoms. The summed E-state index contributed by atoms with van der Waals surface area (Å²) >= 11 is 0. The van der Waals surface area contributed by atoms with Crippen molar-refractivity contribution in [2.75, 3.05) is 19.6 Å². The molecule has 0 aliphatic carbocycles. The molecule has 1 unspecified atom stereocenters. The fourth-order valence-corrected chi connectivity index (χ4v) is 3.50.